The first-order valence-corrected chi connectivity index (χ1v) is 8.06. The van der Waals surface area contributed by atoms with E-state index in [4.69, 9.17) is 9.47 Å². The lowest BCUT2D eigenvalue weighted by atomic mass is 9.79. The van der Waals surface area contributed by atoms with Crippen molar-refractivity contribution >= 4 is 17.9 Å². The lowest BCUT2D eigenvalue weighted by Crippen LogP contribution is -2.35. The molecule has 0 radical (unpaired) electrons. The molecule has 6 heteroatoms. The largest absolute Gasteiger partial charge is 0.466 e. The number of carbonyl (C=O) groups excluding carboxylic acids is 3. The molecule has 0 spiro atoms. The Hall–Kier alpha value is -2.37. The normalized spacial score (nSPS) is 20.0. The molecule has 0 saturated heterocycles. The first-order valence-electron chi connectivity index (χ1n) is 8.06. The van der Waals surface area contributed by atoms with Gasteiger partial charge in [-0.05, 0) is 18.4 Å². The van der Waals surface area contributed by atoms with Gasteiger partial charge in [-0.15, -0.1) is 0 Å². The van der Waals surface area contributed by atoms with Gasteiger partial charge in [0.25, 0.3) is 0 Å². The quantitative estimate of drug-likeness (QED) is 0.586. The maximum Gasteiger partial charge on any atom is 0.344 e. The molecule has 0 N–H and O–H groups in total. The molecule has 0 aliphatic heterocycles. The summed E-state index contributed by atoms with van der Waals surface area (Å²) in [5.74, 6) is -2.64. The van der Waals surface area contributed by atoms with Crippen LogP contribution in [0.25, 0.3) is 0 Å². The fraction of sp³-hybridized carbons (Fsp3) is 0.500. The van der Waals surface area contributed by atoms with Crippen LogP contribution in [0.3, 0.4) is 0 Å². The van der Waals surface area contributed by atoms with E-state index in [1.807, 2.05) is 30.3 Å². The molecule has 1 saturated carbocycles. The Morgan fingerprint density at radius 3 is 2.12 bits per heavy atom. The Morgan fingerprint density at radius 1 is 0.958 bits per heavy atom. The Morgan fingerprint density at radius 2 is 1.54 bits per heavy atom. The Bertz CT molecular complexity index is 568. The smallest absolute Gasteiger partial charge is 0.344 e. The van der Waals surface area contributed by atoms with Crippen molar-refractivity contribution in [2.24, 2.45) is 11.8 Å². The van der Waals surface area contributed by atoms with E-state index in [0.29, 0.717) is 12.8 Å². The summed E-state index contributed by atoms with van der Waals surface area (Å²) < 4.78 is 14.8. The van der Waals surface area contributed by atoms with E-state index in [9.17, 15) is 14.4 Å². The molecule has 24 heavy (non-hydrogen) atoms. The molecule has 1 unspecified atom stereocenters. The van der Waals surface area contributed by atoms with Crippen LogP contribution in [-0.4, -0.2) is 31.6 Å². The van der Waals surface area contributed by atoms with Gasteiger partial charge in [-0.3, -0.25) is 9.59 Å². The third-order valence-corrected chi connectivity index (χ3v) is 4.16. The average molecular weight is 334 g/mol. The Balaban J connectivity index is 1.91. The molecule has 1 aliphatic rings. The molecule has 6 nitrogen and oxygen atoms in total. The third-order valence-electron chi connectivity index (χ3n) is 4.16. The van der Waals surface area contributed by atoms with Crippen LogP contribution in [0.15, 0.2) is 30.3 Å². The van der Waals surface area contributed by atoms with Gasteiger partial charge in [-0.1, -0.05) is 43.2 Å². The highest BCUT2D eigenvalue weighted by Crippen LogP contribution is 2.32. The van der Waals surface area contributed by atoms with Gasteiger partial charge in [0.1, 0.15) is 6.61 Å². The average Bonchev–Trinajstić information content (AvgIpc) is 2.64. The number of benzene rings is 1. The molecule has 0 amide bonds. The maximum absolute atomic E-state index is 12.4. The summed E-state index contributed by atoms with van der Waals surface area (Å²) >= 11 is 0. The van der Waals surface area contributed by atoms with Crippen molar-refractivity contribution < 1.29 is 28.6 Å². The topological polar surface area (TPSA) is 78.9 Å². The van der Waals surface area contributed by atoms with Crippen LogP contribution in [0.4, 0.5) is 0 Å². The second-order valence-corrected chi connectivity index (χ2v) is 5.77. The number of esters is 3. The van der Waals surface area contributed by atoms with Gasteiger partial charge in [0.05, 0.1) is 18.9 Å². The highest BCUT2D eigenvalue weighted by atomic mass is 16.6. The van der Waals surface area contributed by atoms with E-state index in [-0.39, 0.29) is 6.61 Å². The Kier molecular flexibility index (Phi) is 6.78. The number of hydrogen-bond acceptors (Lipinski definition) is 6. The summed E-state index contributed by atoms with van der Waals surface area (Å²) in [7, 11) is 1.22. The number of carbonyl (C=O) groups is 3. The molecule has 0 aromatic heterocycles. The summed E-state index contributed by atoms with van der Waals surface area (Å²) in [5.41, 5.74) is 0.895. The van der Waals surface area contributed by atoms with Crippen molar-refractivity contribution in [3.8, 4) is 0 Å². The number of ether oxygens (including phenoxy) is 3. The third kappa shape index (κ3) is 5.08. The van der Waals surface area contributed by atoms with E-state index in [1.54, 1.807) is 0 Å². The lowest BCUT2D eigenvalue weighted by Gasteiger charge is -2.28. The van der Waals surface area contributed by atoms with Crippen LogP contribution >= 0.6 is 0 Å². The summed E-state index contributed by atoms with van der Waals surface area (Å²) in [6.07, 6.45) is 2.86. The number of rotatable bonds is 6. The molecule has 0 bridgehead atoms. The number of methoxy groups -OCH3 is 1. The van der Waals surface area contributed by atoms with Crippen molar-refractivity contribution in [2.75, 3.05) is 13.7 Å². The summed E-state index contributed by atoms with van der Waals surface area (Å²) in [5, 5.41) is 0. The zero-order valence-electron chi connectivity index (χ0n) is 13.7. The van der Waals surface area contributed by atoms with Crippen LogP contribution in [0.5, 0.6) is 0 Å². The molecule has 1 aromatic rings. The second kappa shape index (κ2) is 9.05. The van der Waals surface area contributed by atoms with Crippen molar-refractivity contribution in [1.29, 1.82) is 0 Å². The summed E-state index contributed by atoms with van der Waals surface area (Å²) in [4.78, 5) is 35.6. The molecule has 1 aliphatic carbocycles. The minimum atomic E-state index is -0.623. The summed E-state index contributed by atoms with van der Waals surface area (Å²) in [6.45, 7) is -0.252. The first kappa shape index (κ1) is 18.0. The highest BCUT2D eigenvalue weighted by molar-refractivity contribution is 5.83. The van der Waals surface area contributed by atoms with Gasteiger partial charge in [0.2, 0.25) is 0 Å². The molecule has 130 valence electrons. The highest BCUT2D eigenvalue weighted by Gasteiger charge is 2.38. The second-order valence-electron chi connectivity index (χ2n) is 5.77. The van der Waals surface area contributed by atoms with Crippen molar-refractivity contribution in [3.05, 3.63) is 35.9 Å². The fourth-order valence-electron chi connectivity index (χ4n) is 2.83. The minimum Gasteiger partial charge on any atom is -0.466 e. The van der Waals surface area contributed by atoms with Gasteiger partial charge in [-0.2, -0.15) is 0 Å². The van der Waals surface area contributed by atoms with E-state index >= 15 is 0 Å². The molecule has 1 aromatic carbocycles. The molecule has 2 atom stereocenters. The van der Waals surface area contributed by atoms with E-state index < -0.39 is 36.4 Å². The molecular weight excluding hydrogens is 312 g/mol. The van der Waals surface area contributed by atoms with Crippen LogP contribution in [0.2, 0.25) is 0 Å². The van der Waals surface area contributed by atoms with Crippen molar-refractivity contribution in [3.63, 3.8) is 0 Å². The molecule has 2 rings (SSSR count). The zero-order chi connectivity index (χ0) is 17.4. The van der Waals surface area contributed by atoms with Gasteiger partial charge >= 0.3 is 17.9 Å². The molecule has 0 heterocycles. The fourth-order valence-corrected chi connectivity index (χ4v) is 2.83. The molecular formula is C18H22O6. The number of hydrogen-bond donors (Lipinski definition) is 0. The van der Waals surface area contributed by atoms with Gasteiger partial charge in [-0.25, -0.2) is 4.79 Å². The lowest BCUT2D eigenvalue weighted by molar-refractivity contribution is -0.167. The van der Waals surface area contributed by atoms with E-state index in [2.05, 4.69) is 4.74 Å². The maximum atomic E-state index is 12.4. The van der Waals surface area contributed by atoms with Crippen molar-refractivity contribution in [2.45, 2.75) is 32.3 Å². The van der Waals surface area contributed by atoms with E-state index in [0.717, 1.165) is 18.4 Å². The minimum absolute atomic E-state index is 0.181. The Labute approximate surface area is 141 Å². The first-order chi connectivity index (χ1) is 11.6. The van der Waals surface area contributed by atoms with Gasteiger partial charge in [0.15, 0.2) is 6.61 Å². The summed E-state index contributed by atoms with van der Waals surface area (Å²) in [6, 6.07) is 9.37. The predicted octanol–water partition coefficient (Wildman–Crippen LogP) is 2.25. The van der Waals surface area contributed by atoms with Crippen LogP contribution in [-0.2, 0) is 35.2 Å². The van der Waals surface area contributed by atoms with E-state index in [1.165, 1.54) is 7.11 Å². The van der Waals surface area contributed by atoms with Gasteiger partial charge in [0, 0.05) is 0 Å². The van der Waals surface area contributed by atoms with Crippen LogP contribution in [0.1, 0.15) is 31.2 Å². The monoisotopic (exact) mass is 334 g/mol. The van der Waals surface area contributed by atoms with Crippen LogP contribution < -0.4 is 0 Å². The molecule has 1 fully saturated rings. The standard InChI is InChI=1S/C18H22O6/c1-22-16(19)12-24-18(21)15-10-6-5-9-14(15)17(20)23-11-13-7-3-2-4-8-13/h2-4,7-8,14-15H,5-6,9-12H2,1H3/t14-,15?/m0/s1. The van der Waals surface area contributed by atoms with Gasteiger partial charge < -0.3 is 14.2 Å². The van der Waals surface area contributed by atoms with Crippen LogP contribution in [0, 0.1) is 11.8 Å². The zero-order valence-corrected chi connectivity index (χ0v) is 13.7. The predicted molar refractivity (Wildman–Crippen MR) is 84.7 cm³/mol. The SMILES string of the molecule is COC(=O)COC(=O)C1CCCC[C@@H]1C(=O)OCc1ccccc1. The van der Waals surface area contributed by atoms with Crippen molar-refractivity contribution in [1.82, 2.24) is 0 Å².